The minimum absolute atomic E-state index is 0.0205. The van der Waals surface area contributed by atoms with Gasteiger partial charge in [-0.05, 0) is 30.4 Å². The Balaban J connectivity index is 2.32. The Morgan fingerprint density at radius 2 is 1.88 bits per heavy atom. The molecule has 0 spiro atoms. The molecule has 2 amide bonds. The molecule has 1 saturated heterocycles. The summed E-state index contributed by atoms with van der Waals surface area (Å²) < 4.78 is 0.596. The zero-order valence-electron chi connectivity index (χ0n) is 7.74. The lowest BCUT2D eigenvalue weighted by Crippen LogP contribution is -2.51. The van der Waals surface area contributed by atoms with Crippen LogP contribution in [-0.4, -0.2) is 16.9 Å². The number of halogens is 1. The van der Waals surface area contributed by atoms with Crippen LogP contribution < -0.4 is 10.6 Å². The van der Waals surface area contributed by atoms with Crippen LogP contribution >= 0.6 is 35.2 Å². The van der Waals surface area contributed by atoms with Crippen LogP contribution in [-0.2, 0) is 9.59 Å². The predicted molar refractivity (Wildman–Crippen MR) is 66.2 cm³/mol. The average Bonchev–Trinajstić information content (AvgIpc) is 2.58. The van der Waals surface area contributed by atoms with Crippen molar-refractivity contribution in [3.63, 3.8) is 0 Å². The number of hydrogen-bond acceptors (Lipinski definition) is 4. The van der Waals surface area contributed by atoms with Crippen molar-refractivity contribution in [3.05, 3.63) is 26.9 Å². The van der Waals surface area contributed by atoms with Gasteiger partial charge in [0.15, 0.2) is 5.11 Å². The molecule has 4 nitrogen and oxygen atoms in total. The number of nitrogens with one attached hydrogen (secondary N) is 2. The second-order valence-electron chi connectivity index (χ2n) is 2.94. The minimum Gasteiger partial charge on any atom is -0.299 e. The number of thiophene rings is 1. The highest BCUT2D eigenvalue weighted by Gasteiger charge is 2.25. The molecule has 1 aromatic rings. The maximum atomic E-state index is 11.5. The van der Waals surface area contributed by atoms with Crippen LogP contribution in [0.4, 0.5) is 0 Å². The van der Waals surface area contributed by atoms with Crippen molar-refractivity contribution in [2.24, 2.45) is 0 Å². The van der Waals surface area contributed by atoms with Crippen LogP contribution in [0.3, 0.4) is 0 Å². The topological polar surface area (TPSA) is 58.2 Å². The quantitative estimate of drug-likeness (QED) is 0.460. The highest BCUT2D eigenvalue weighted by Crippen LogP contribution is 2.23. The van der Waals surface area contributed by atoms with E-state index in [2.05, 4.69) is 22.9 Å². The molecule has 1 aliphatic heterocycles. The van der Waals surface area contributed by atoms with E-state index < -0.39 is 11.8 Å². The van der Waals surface area contributed by atoms with Gasteiger partial charge in [-0.25, -0.2) is 0 Å². The number of rotatable bonds is 1. The second kappa shape index (κ2) is 4.32. The van der Waals surface area contributed by atoms with E-state index >= 15 is 0 Å². The average molecular weight is 273 g/mol. The summed E-state index contributed by atoms with van der Waals surface area (Å²) in [4.78, 5) is 23.7. The van der Waals surface area contributed by atoms with Gasteiger partial charge in [0.05, 0.1) is 4.34 Å². The summed E-state index contributed by atoms with van der Waals surface area (Å²) in [7, 11) is 0. The molecular weight excluding hydrogens is 268 g/mol. The van der Waals surface area contributed by atoms with E-state index in [-0.39, 0.29) is 10.7 Å². The third-order valence-corrected chi connectivity index (χ3v) is 3.21. The molecule has 2 rings (SSSR count). The molecule has 0 radical (unpaired) electrons. The maximum absolute atomic E-state index is 11.5. The SMILES string of the molecule is O=C1NC(=S)NC(=O)C1=Cc1ccc(Cl)s1. The number of amides is 2. The van der Waals surface area contributed by atoms with Gasteiger partial charge in [-0.1, -0.05) is 11.6 Å². The van der Waals surface area contributed by atoms with Gasteiger partial charge in [0.1, 0.15) is 5.57 Å². The van der Waals surface area contributed by atoms with Crippen molar-refractivity contribution in [2.45, 2.75) is 0 Å². The summed E-state index contributed by atoms with van der Waals surface area (Å²) in [5.41, 5.74) is 0.0205. The van der Waals surface area contributed by atoms with Gasteiger partial charge < -0.3 is 0 Å². The smallest absolute Gasteiger partial charge is 0.263 e. The first-order valence-electron chi connectivity index (χ1n) is 4.20. The highest BCUT2D eigenvalue weighted by molar-refractivity contribution is 7.80. The Morgan fingerprint density at radius 3 is 2.38 bits per heavy atom. The van der Waals surface area contributed by atoms with Crippen LogP contribution in [0.2, 0.25) is 4.34 Å². The van der Waals surface area contributed by atoms with Crippen LogP contribution in [0.15, 0.2) is 17.7 Å². The first-order chi connectivity index (χ1) is 7.56. The van der Waals surface area contributed by atoms with Crippen molar-refractivity contribution < 1.29 is 9.59 Å². The van der Waals surface area contributed by atoms with Crippen LogP contribution in [0.5, 0.6) is 0 Å². The fourth-order valence-electron chi connectivity index (χ4n) is 1.15. The maximum Gasteiger partial charge on any atom is 0.263 e. The molecule has 82 valence electrons. The van der Waals surface area contributed by atoms with Crippen molar-refractivity contribution in [1.82, 2.24) is 10.6 Å². The lowest BCUT2D eigenvalue weighted by atomic mass is 10.2. The number of carbonyl (C=O) groups is 2. The van der Waals surface area contributed by atoms with Gasteiger partial charge in [0.2, 0.25) is 0 Å². The fourth-order valence-corrected chi connectivity index (χ4v) is 2.34. The summed E-state index contributed by atoms with van der Waals surface area (Å²) in [5, 5.41) is 4.73. The van der Waals surface area contributed by atoms with Crippen molar-refractivity contribution >= 4 is 58.2 Å². The Hall–Kier alpha value is -1.24. The van der Waals surface area contributed by atoms with E-state index in [1.807, 2.05) is 0 Å². The van der Waals surface area contributed by atoms with Crippen LogP contribution in [0, 0.1) is 0 Å². The summed E-state index contributed by atoms with van der Waals surface area (Å²) in [6.45, 7) is 0. The van der Waals surface area contributed by atoms with Crippen molar-refractivity contribution in [3.8, 4) is 0 Å². The first kappa shape index (κ1) is 11.3. The molecular formula is C9H5ClN2O2S2. The Bertz CT molecular complexity index is 499. The van der Waals surface area contributed by atoms with Gasteiger partial charge in [-0.3, -0.25) is 20.2 Å². The molecule has 2 heterocycles. The molecule has 0 saturated carbocycles. The third-order valence-electron chi connectivity index (χ3n) is 1.82. The molecule has 7 heteroatoms. The Kier molecular flexibility index (Phi) is 3.04. The molecule has 1 aliphatic rings. The van der Waals surface area contributed by atoms with Gasteiger partial charge in [0.25, 0.3) is 11.8 Å². The highest BCUT2D eigenvalue weighted by atomic mass is 35.5. The number of carbonyl (C=O) groups excluding carboxylic acids is 2. The van der Waals surface area contributed by atoms with Crippen LogP contribution in [0.1, 0.15) is 4.88 Å². The Labute approximate surface area is 105 Å². The molecule has 0 atom stereocenters. The monoisotopic (exact) mass is 272 g/mol. The molecule has 1 fully saturated rings. The minimum atomic E-state index is -0.502. The molecule has 0 unspecified atom stereocenters. The normalized spacial score (nSPS) is 15.8. The van der Waals surface area contributed by atoms with Crippen LogP contribution in [0.25, 0.3) is 6.08 Å². The largest absolute Gasteiger partial charge is 0.299 e. The van der Waals surface area contributed by atoms with E-state index in [1.54, 1.807) is 12.1 Å². The first-order valence-corrected chi connectivity index (χ1v) is 5.80. The summed E-state index contributed by atoms with van der Waals surface area (Å²) >= 11 is 11.7. The molecule has 1 aromatic heterocycles. The second-order valence-corrected chi connectivity index (χ2v) is 5.09. The zero-order chi connectivity index (χ0) is 11.7. The van der Waals surface area contributed by atoms with Crippen molar-refractivity contribution in [2.75, 3.05) is 0 Å². The molecule has 16 heavy (non-hydrogen) atoms. The molecule has 0 aliphatic carbocycles. The molecule has 0 aromatic carbocycles. The molecule has 0 bridgehead atoms. The lowest BCUT2D eigenvalue weighted by molar-refractivity contribution is -0.123. The number of hydrogen-bond donors (Lipinski definition) is 2. The standard InChI is InChI=1S/C9H5ClN2O2S2/c10-6-2-1-4(16-6)3-5-7(13)11-9(15)12-8(5)14/h1-3H,(H2,11,12,13,14,15). The van der Waals surface area contributed by atoms with Gasteiger partial charge in [-0.2, -0.15) is 0 Å². The third kappa shape index (κ3) is 2.29. The Morgan fingerprint density at radius 1 is 1.25 bits per heavy atom. The van der Waals surface area contributed by atoms with Gasteiger partial charge >= 0.3 is 0 Å². The van der Waals surface area contributed by atoms with E-state index in [1.165, 1.54) is 17.4 Å². The fraction of sp³-hybridized carbons (Fsp3) is 0. The summed E-state index contributed by atoms with van der Waals surface area (Å²) in [6.07, 6.45) is 1.48. The summed E-state index contributed by atoms with van der Waals surface area (Å²) in [6, 6.07) is 3.43. The molecule has 2 N–H and O–H groups in total. The van der Waals surface area contributed by atoms with E-state index in [4.69, 9.17) is 11.6 Å². The number of thiocarbonyl (C=S) groups is 1. The van der Waals surface area contributed by atoms with Gasteiger partial charge in [0, 0.05) is 4.88 Å². The van der Waals surface area contributed by atoms with Crippen molar-refractivity contribution in [1.29, 1.82) is 0 Å². The van der Waals surface area contributed by atoms with E-state index in [0.717, 1.165) is 4.88 Å². The predicted octanol–water partition coefficient (Wildman–Crippen LogP) is 1.32. The summed E-state index contributed by atoms with van der Waals surface area (Å²) in [5.74, 6) is -1.00. The lowest BCUT2D eigenvalue weighted by Gasteiger charge is -2.15. The van der Waals surface area contributed by atoms with Gasteiger partial charge in [-0.15, -0.1) is 11.3 Å². The zero-order valence-corrected chi connectivity index (χ0v) is 10.1. The van der Waals surface area contributed by atoms with E-state index in [9.17, 15) is 9.59 Å². The van der Waals surface area contributed by atoms with E-state index in [0.29, 0.717) is 4.34 Å².